The number of rotatable bonds is 3. The minimum Gasteiger partial charge on any atom is -0.387 e. The molecule has 1 amide bonds. The third kappa shape index (κ3) is 3.04. The third-order valence-corrected chi connectivity index (χ3v) is 3.82. The maximum absolute atomic E-state index is 12.4. The molecule has 0 bridgehead atoms. The summed E-state index contributed by atoms with van der Waals surface area (Å²) >= 11 is 0. The second-order valence-electron chi connectivity index (χ2n) is 5.74. The normalized spacial score (nSPS) is 16.2. The number of fused-ring (bicyclic) bond motifs is 1. The van der Waals surface area contributed by atoms with E-state index in [9.17, 15) is 9.90 Å². The highest BCUT2D eigenvalue weighted by Gasteiger charge is 2.22. The van der Waals surface area contributed by atoms with Crippen molar-refractivity contribution in [3.63, 3.8) is 0 Å². The van der Waals surface area contributed by atoms with Gasteiger partial charge in [0.05, 0.1) is 36.2 Å². The van der Waals surface area contributed by atoms with Crippen LogP contribution in [0.3, 0.4) is 0 Å². The highest BCUT2D eigenvalue weighted by atomic mass is 16.5. The largest absolute Gasteiger partial charge is 0.387 e. The number of aryl methyl sites for hydroxylation is 2. The van der Waals surface area contributed by atoms with Crippen LogP contribution in [0.25, 0.3) is 0 Å². The van der Waals surface area contributed by atoms with Gasteiger partial charge in [-0.3, -0.25) is 9.48 Å². The zero-order valence-corrected chi connectivity index (χ0v) is 12.8. The Bertz CT molecular complexity index is 674. The molecule has 1 aliphatic rings. The van der Waals surface area contributed by atoms with Crippen LogP contribution in [-0.2, 0) is 24.3 Å². The molecule has 0 spiro atoms. The summed E-state index contributed by atoms with van der Waals surface area (Å²) < 4.78 is 7.00. The zero-order chi connectivity index (χ0) is 15.7. The lowest BCUT2D eigenvalue weighted by Crippen LogP contribution is -2.31. The van der Waals surface area contributed by atoms with E-state index >= 15 is 0 Å². The van der Waals surface area contributed by atoms with Crippen molar-refractivity contribution in [2.75, 3.05) is 6.54 Å². The van der Waals surface area contributed by atoms with E-state index in [0.717, 1.165) is 24.4 Å². The van der Waals surface area contributed by atoms with Gasteiger partial charge in [-0.15, -0.1) is 0 Å². The molecule has 0 unspecified atom stereocenters. The lowest BCUT2D eigenvalue weighted by atomic mass is 10.2. The minimum absolute atomic E-state index is 0.0180. The van der Waals surface area contributed by atoms with E-state index in [4.69, 9.17) is 4.52 Å². The van der Waals surface area contributed by atoms with Crippen LogP contribution >= 0.6 is 0 Å². The molecule has 3 rings (SSSR count). The van der Waals surface area contributed by atoms with Gasteiger partial charge in [0.25, 0.3) is 0 Å². The number of carbonyl (C=O) groups excluding carboxylic acids is 1. The first kappa shape index (κ1) is 14.8. The second-order valence-corrected chi connectivity index (χ2v) is 5.74. The molecule has 0 aliphatic carbocycles. The van der Waals surface area contributed by atoms with Crippen LogP contribution < -0.4 is 0 Å². The molecule has 0 radical (unpaired) electrons. The summed E-state index contributed by atoms with van der Waals surface area (Å²) in [4.78, 5) is 14.2. The average Bonchev–Trinajstić information content (AvgIpc) is 3.00. The van der Waals surface area contributed by atoms with Crippen molar-refractivity contribution in [2.45, 2.75) is 45.9 Å². The zero-order valence-electron chi connectivity index (χ0n) is 12.8. The molecule has 1 N–H and O–H groups in total. The number of hydrogen-bond donors (Lipinski definition) is 1. The first-order valence-electron chi connectivity index (χ1n) is 7.47. The summed E-state index contributed by atoms with van der Waals surface area (Å²) in [6.07, 6.45) is 0.466. The molecule has 2 aromatic rings. The molecule has 1 atom stereocenters. The quantitative estimate of drug-likeness (QED) is 0.921. The van der Waals surface area contributed by atoms with E-state index in [1.165, 1.54) is 0 Å². The Morgan fingerprint density at radius 3 is 2.95 bits per heavy atom. The van der Waals surface area contributed by atoms with E-state index in [1.807, 2.05) is 22.6 Å². The Morgan fingerprint density at radius 1 is 1.45 bits per heavy atom. The molecule has 1 aliphatic heterocycles. The van der Waals surface area contributed by atoms with Crippen molar-refractivity contribution in [1.29, 1.82) is 0 Å². The molecule has 118 valence electrons. The number of aliphatic hydroxyl groups is 1. The van der Waals surface area contributed by atoms with Crippen LogP contribution in [0.15, 0.2) is 16.7 Å². The summed E-state index contributed by atoms with van der Waals surface area (Å²) in [5.41, 5.74) is 2.38. The van der Waals surface area contributed by atoms with Crippen molar-refractivity contribution in [2.24, 2.45) is 0 Å². The van der Waals surface area contributed by atoms with Gasteiger partial charge in [0.2, 0.25) is 5.91 Å². The highest BCUT2D eigenvalue weighted by molar-refractivity contribution is 5.78. The maximum atomic E-state index is 12.4. The van der Waals surface area contributed by atoms with Gasteiger partial charge in [-0.2, -0.15) is 5.10 Å². The van der Waals surface area contributed by atoms with Crippen LogP contribution in [0.1, 0.15) is 42.3 Å². The third-order valence-electron chi connectivity index (χ3n) is 3.82. The summed E-state index contributed by atoms with van der Waals surface area (Å²) in [6.45, 7) is 5.48. The van der Waals surface area contributed by atoms with Crippen LogP contribution in [0, 0.1) is 6.92 Å². The predicted octanol–water partition coefficient (Wildman–Crippen LogP) is 1.21. The van der Waals surface area contributed by atoms with Crippen LogP contribution in [0.5, 0.6) is 0 Å². The monoisotopic (exact) mass is 304 g/mol. The molecule has 3 heterocycles. The van der Waals surface area contributed by atoms with Crippen molar-refractivity contribution in [3.05, 3.63) is 35.0 Å². The fourth-order valence-electron chi connectivity index (χ4n) is 2.66. The lowest BCUT2D eigenvalue weighted by Gasteiger charge is -2.19. The molecular formula is C15H20N4O3. The second kappa shape index (κ2) is 5.92. The van der Waals surface area contributed by atoms with E-state index in [0.29, 0.717) is 24.5 Å². The van der Waals surface area contributed by atoms with Crippen molar-refractivity contribution >= 4 is 5.91 Å². The fourth-order valence-corrected chi connectivity index (χ4v) is 2.66. The summed E-state index contributed by atoms with van der Waals surface area (Å²) in [5.74, 6) is 0.606. The molecule has 7 nitrogen and oxygen atoms in total. The molecule has 0 fully saturated rings. The molecular weight excluding hydrogens is 284 g/mol. The minimum atomic E-state index is -0.597. The fraction of sp³-hybridized carbons (Fsp3) is 0.533. The Labute approximate surface area is 128 Å². The Balaban J connectivity index is 1.73. The Hall–Kier alpha value is -2.15. The molecule has 22 heavy (non-hydrogen) atoms. The molecule has 0 aromatic carbocycles. The molecule has 0 saturated heterocycles. The number of amides is 1. The number of hydrogen-bond acceptors (Lipinski definition) is 5. The molecule has 7 heteroatoms. The van der Waals surface area contributed by atoms with Gasteiger partial charge in [0, 0.05) is 19.2 Å². The highest BCUT2D eigenvalue weighted by Crippen LogP contribution is 2.18. The Kier molecular flexibility index (Phi) is 3.98. The van der Waals surface area contributed by atoms with Crippen LogP contribution in [0.4, 0.5) is 0 Å². The van der Waals surface area contributed by atoms with Gasteiger partial charge in [-0.05, 0) is 26.3 Å². The smallest absolute Gasteiger partial charge is 0.230 e. The van der Waals surface area contributed by atoms with Crippen LogP contribution in [-0.4, -0.2) is 37.4 Å². The van der Waals surface area contributed by atoms with Gasteiger partial charge in [-0.1, -0.05) is 5.16 Å². The molecule has 2 aromatic heterocycles. The number of carbonyl (C=O) groups is 1. The van der Waals surface area contributed by atoms with Crippen molar-refractivity contribution in [1.82, 2.24) is 19.8 Å². The lowest BCUT2D eigenvalue weighted by molar-refractivity contribution is -0.131. The first-order chi connectivity index (χ1) is 10.5. The van der Waals surface area contributed by atoms with E-state index < -0.39 is 6.10 Å². The predicted molar refractivity (Wildman–Crippen MR) is 77.8 cm³/mol. The summed E-state index contributed by atoms with van der Waals surface area (Å²) in [7, 11) is 0. The summed E-state index contributed by atoms with van der Waals surface area (Å²) in [5, 5.41) is 17.8. The summed E-state index contributed by atoms with van der Waals surface area (Å²) in [6, 6.07) is 3.65. The van der Waals surface area contributed by atoms with Gasteiger partial charge in [0.15, 0.2) is 0 Å². The average molecular weight is 304 g/mol. The number of nitrogens with zero attached hydrogens (tertiary/aromatic N) is 4. The number of aliphatic hydroxyl groups excluding tert-OH is 1. The van der Waals surface area contributed by atoms with Gasteiger partial charge < -0.3 is 14.5 Å². The number of aromatic nitrogens is 3. The van der Waals surface area contributed by atoms with Crippen molar-refractivity contribution < 1.29 is 14.4 Å². The van der Waals surface area contributed by atoms with Crippen molar-refractivity contribution in [3.8, 4) is 0 Å². The molecule has 0 saturated carbocycles. The topological polar surface area (TPSA) is 84.4 Å². The van der Waals surface area contributed by atoms with E-state index in [2.05, 4.69) is 10.3 Å². The standard InChI is InChI=1S/C15H20N4O3/c1-10-6-13(22-17-10)8-15(21)18-4-3-5-19-12(9-18)7-14(16-19)11(2)20/h6-7,11,20H,3-5,8-9H2,1-2H3/t11-/m0/s1. The van der Waals surface area contributed by atoms with E-state index in [-0.39, 0.29) is 12.3 Å². The van der Waals surface area contributed by atoms with Gasteiger partial charge >= 0.3 is 0 Å². The van der Waals surface area contributed by atoms with E-state index in [1.54, 1.807) is 13.0 Å². The Morgan fingerprint density at radius 2 is 2.27 bits per heavy atom. The maximum Gasteiger partial charge on any atom is 0.230 e. The van der Waals surface area contributed by atoms with Gasteiger partial charge in [-0.25, -0.2) is 0 Å². The first-order valence-corrected chi connectivity index (χ1v) is 7.47. The SMILES string of the molecule is Cc1cc(CC(=O)N2CCCn3nc([C@H](C)O)cc3C2)on1. The van der Waals surface area contributed by atoms with Crippen LogP contribution in [0.2, 0.25) is 0 Å². The van der Waals surface area contributed by atoms with Gasteiger partial charge in [0.1, 0.15) is 5.76 Å².